The summed E-state index contributed by atoms with van der Waals surface area (Å²) in [6.07, 6.45) is 1.56. The van der Waals surface area contributed by atoms with Crippen LogP contribution in [0.3, 0.4) is 0 Å². The van der Waals surface area contributed by atoms with Gasteiger partial charge in [-0.1, -0.05) is 20.3 Å². The van der Waals surface area contributed by atoms with Crippen molar-refractivity contribution >= 4 is 5.91 Å². The van der Waals surface area contributed by atoms with Gasteiger partial charge in [-0.25, -0.2) is 0 Å². The third-order valence-electron chi connectivity index (χ3n) is 1.95. The van der Waals surface area contributed by atoms with Gasteiger partial charge in [0.1, 0.15) is 0 Å². The van der Waals surface area contributed by atoms with Gasteiger partial charge in [0.15, 0.2) is 0 Å². The van der Waals surface area contributed by atoms with Crippen LogP contribution in [0.15, 0.2) is 0 Å². The fourth-order valence-corrected chi connectivity index (χ4v) is 0.848. The molecule has 0 fully saturated rings. The van der Waals surface area contributed by atoms with Crippen molar-refractivity contribution in [2.24, 2.45) is 5.92 Å². The van der Waals surface area contributed by atoms with Crippen molar-refractivity contribution in [2.45, 2.75) is 46.1 Å². The maximum Gasteiger partial charge on any atom is 0.220 e. The van der Waals surface area contributed by atoms with Crippen LogP contribution in [0.25, 0.3) is 0 Å². The molecular weight excluding hydrogens is 166 g/mol. The molecule has 1 unspecified atom stereocenters. The van der Waals surface area contributed by atoms with Gasteiger partial charge in [-0.3, -0.25) is 4.79 Å². The standard InChI is InChI=1S/C10H21NO2/c1-5-8(2)6-9(12)11-7-10(3,4)13/h8,13H,5-7H2,1-4H3,(H,11,12). The molecule has 0 aromatic rings. The largest absolute Gasteiger partial charge is 0.389 e. The molecule has 0 spiro atoms. The SMILES string of the molecule is CCC(C)CC(=O)NCC(C)(C)O. The number of aliphatic hydroxyl groups is 1. The molecule has 0 aromatic heterocycles. The van der Waals surface area contributed by atoms with Crippen LogP contribution in [0.1, 0.15) is 40.5 Å². The van der Waals surface area contributed by atoms with Crippen LogP contribution < -0.4 is 5.32 Å². The molecule has 0 aliphatic heterocycles. The zero-order valence-electron chi connectivity index (χ0n) is 9.05. The number of rotatable bonds is 5. The van der Waals surface area contributed by atoms with Gasteiger partial charge in [-0.2, -0.15) is 0 Å². The maximum absolute atomic E-state index is 11.2. The molecule has 0 saturated heterocycles. The Kier molecular flexibility index (Phi) is 4.99. The van der Waals surface area contributed by atoms with Crippen molar-refractivity contribution in [3.8, 4) is 0 Å². The molecule has 3 nitrogen and oxygen atoms in total. The lowest BCUT2D eigenvalue weighted by Crippen LogP contribution is -2.38. The lowest BCUT2D eigenvalue weighted by molar-refractivity contribution is -0.122. The second-order valence-electron chi connectivity index (χ2n) is 4.31. The summed E-state index contributed by atoms with van der Waals surface area (Å²) in [4.78, 5) is 11.2. The van der Waals surface area contributed by atoms with E-state index in [1.165, 1.54) is 0 Å². The highest BCUT2D eigenvalue weighted by atomic mass is 16.3. The van der Waals surface area contributed by atoms with E-state index in [0.717, 1.165) is 6.42 Å². The highest BCUT2D eigenvalue weighted by Gasteiger charge is 2.14. The minimum Gasteiger partial charge on any atom is -0.389 e. The molecule has 1 atom stereocenters. The first-order chi connectivity index (χ1) is 5.85. The number of carbonyl (C=O) groups excluding carboxylic acids is 1. The Morgan fingerprint density at radius 3 is 2.46 bits per heavy atom. The summed E-state index contributed by atoms with van der Waals surface area (Å²) in [6, 6.07) is 0. The van der Waals surface area contributed by atoms with Crippen LogP contribution in [0.2, 0.25) is 0 Å². The zero-order chi connectivity index (χ0) is 10.5. The molecule has 0 radical (unpaired) electrons. The van der Waals surface area contributed by atoms with E-state index in [0.29, 0.717) is 18.9 Å². The molecule has 0 aromatic carbocycles. The van der Waals surface area contributed by atoms with Gasteiger partial charge >= 0.3 is 0 Å². The van der Waals surface area contributed by atoms with E-state index in [2.05, 4.69) is 12.2 Å². The van der Waals surface area contributed by atoms with Gasteiger partial charge in [0.05, 0.1) is 5.60 Å². The van der Waals surface area contributed by atoms with E-state index in [1.807, 2.05) is 6.92 Å². The Labute approximate surface area is 80.5 Å². The molecule has 0 rings (SSSR count). The van der Waals surface area contributed by atoms with E-state index >= 15 is 0 Å². The van der Waals surface area contributed by atoms with Crippen molar-refractivity contribution in [3.63, 3.8) is 0 Å². The monoisotopic (exact) mass is 187 g/mol. The summed E-state index contributed by atoms with van der Waals surface area (Å²) in [5.74, 6) is 0.443. The van der Waals surface area contributed by atoms with E-state index in [-0.39, 0.29) is 5.91 Å². The molecule has 1 amide bonds. The molecule has 0 heterocycles. The van der Waals surface area contributed by atoms with Crippen LogP contribution in [-0.2, 0) is 4.79 Å². The predicted octanol–water partition coefficient (Wildman–Crippen LogP) is 1.31. The molecule has 0 bridgehead atoms. The minimum atomic E-state index is -0.814. The van der Waals surface area contributed by atoms with Crippen molar-refractivity contribution in [1.82, 2.24) is 5.32 Å². The zero-order valence-corrected chi connectivity index (χ0v) is 9.05. The fourth-order valence-electron chi connectivity index (χ4n) is 0.848. The Morgan fingerprint density at radius 2 is 2.08 bits per heavy atom. The maximum atomic E-state index is 11.2. The molecule has 0 aliphatic rings. The van der Waals surface area contributed by atoms with Gasteiger partial charge in [0.2, 0.25) is 5.91 Å². The van der Waals surface area contributed by atoms with E-state index in [4.69, 9.17) is 0 Å². The summed E-state index contributed by atoms with van der Waals surface area (Å²) in [7, 11) is 0. The summed E-state index contributed by atoms with van der Waals surface area (Å²) >= 11 is 0. The van der Waals surface area contributed by atoms with Gasteiger partial charge in [0.25, 0.3) is 0 Å². The van der Waals surface area contributed by atoms with Crippen molar-refractivity contribution in [1.29, 1.82) is 0 Å². The number of hydrogen-bond donors (Lipinski definition) is 2. The normalized spacial score (nSPS) is 13.9. The van der Waals surface area contributed by atoms with E-state index in [1.54, 1.807) is 13.8 Å². The summed E-state index contributed by atoms with van der Waals surface area (Å²) in [5.41, 5.74) is -0.814. The highest BCUT2D eigenvalue weighted by molar-refractivity contribution is 5.76. The first-order valence-electron chi connectivity index (χ1n) is 4.84. The van der Waals surface area contributed by atoms with Gasteiger partial charge in [-0.15, -0.1) is 0 Å². The predicted molar refractivity (Wildman–Crippen MR) is 53.4 cm³/mol. The molecule has 2 N–H and O–H groups in total. The molecule has 0 aliphatic carbocycles. The number of hydrogen-bond acceptors (Lipinski definition) is 2. The van der Waals surface area contributed by atoms with Crippen LogP contribution in [0.4, 0.5) is 0 Å². The summed E-state index contributed by atoms with van der Waals surface area (Å²) in [5, 5.41) is 12.0. The fraction of sp³-hybridized carbons (Fsp3) is 0.900. The van der Waals surface area contributed by atoms with Crippen LogP contribution in [0, 0.1) is 5.92 Å². The van der Waals surface area contributed by atoms with Crippen LogP contribution >= 0.6 is 0 Å². The Balaban J connectivity index is 3.64. The molecule has 78 valence electrons. The van der Waals surface area contributed by atoms with Crippen molar-refractivity contribution < 1.29 is 9.90 Å². The first-order valence-corrected chi connectivity index (χ1v) is 4.84. The third-order valence-corrected chi connectivity index (χ3v) is 1.95. The second-order valence-corrected chi connectivity index (χ2v) is 4.31. The van der Waals surface area contributed by atoms with Gasteiger partial charge < -0.3 is 10.4 Å². The van der Waals surface area contributed by atoms with Crippen molar-refractivity contribution in [2.75, 3.05) is 6.54 Å². The van der Waals surface area contributed by atoms with Crippen molar-refractivity contribution in [3.05, 3.63) is 0 Å². The number of carbonyl (C=O) groups is 1. The lowest BCUT2D eigenvalue weighted by Gasteiger charge is -2.18. The van der Waals surface area contributed by atoms with Crippen LogP contribution in [0.5, 0.6) is 0 Å². The number of amides is 1. The van der Waals surface area contributed by atoms with Gasteiger partial charge in [0, 0.05) is 13.0 Å². The number of nitrogens with one attached hydrogen (secondary N) is 1. The minimum absolute atomic E-state index is 0.0245. The summed E-state index contributed by atoms with van der Waals surface area (Å²) in [6.45, 7) is 7.78. The Bertz CT molecular complexity index is 161. The highest BCUT2D eigenvalue weighted by Crippen LogP contribution is 2.06. The third kappa shape index (κ3) is 7.78. The lowest BCUT2D eigenvalue weighted by atomic mass is 10.0. The molecule has 3 heteroatoms. The van der Waals surface area contributed by atoms with E-state index in [9.17, 15) is 9.90 Å². The average Bonchev–Trinajstić information content (AvgIpc) is 1.99. The smallest absolute Gasteiger partial charge is 0.220 e. The molecule has 13 heavy (non-hydrogen) atoms. The van der Waals surface area contributed by atoms with Gasteiger partial charge in [-0.05, 0) is 19.8 Å². The second kappa shape index (κ2) is 5.22. The topological polar surface area (TPSA) is 49.3 Å². The first kappa shape index (κ1) is 12.4. The average molecular weight is 187 g/mol. The quantitative estimate of drug-likeness (QED) is 0.681. The molecular formula is C10H21NO2. The van der Waals surface area contributed by atoms with Crippen LogP contribution in [-0.4, -0.2) is 23.2 Å². The Morgan fingerprint density at radius 1 is 1.54 bits per heavy atom. The Hall–Kier alpha value is -0.570. The molecule has 0 saturated carbocycles. The summed E-state index contributed by atoms with van der Waals surface area (Å²) < 4.78 is 0. The van der Waals surface area contributed by atoms with E-state index < -0.39 is 5.60 Å².